The third-order valence-corrected chi connectivity index (χ3v) is 1.86. The molecule has 0 aliphatic rings. The summed E-state index contributed by atoms with van der Waals surface area (Å²) in [4.78, 5) is 0. The molecule has 14 heavy (non-hydrogen) atoms. The fourth-order valence-corrected chi connectivity index (χ4v) is 1.01. The first-order chi connectivity index (χ1) is 6.76. The Hall–Kier alpha value is -1.10. The molecule has 0 unspecified atom stereocenters. The summed E-state index contributed by atoms with van der Waals surface area (Å²) < 4.78 is 9.22. The summed E-state index contributed by atoms with van der Waals surface area (Å²) in [6, 6.07) is 7.08. The molecule has 0 saturated carbocycles. The van der Waals surface area contributed by atoms with Crippen molar-refractivity contribution in [1.82, 2.24) is 0 Å². The molecule has 0 saturated heterocycles. The Morgan fingerprint density at radius 3 is 2.14 bits per heavy atom. The van der Waals surface area contributed by atoms with E-state index in [1.54, 1.807) is 32.4 Å². The van der Waals surface area contributed by atoms with E-state index in [0.29, 0.717) is 0 Å². The quantitative estimate of drug-likeness (QED) is 0.768. The van der Waals surface area contributed by atoms with E-state index in [1.165, 1.54) is 0 Å². The van der Waals surface area contributed by atoms with Gasteiger partial charge in [-0.05, 0) is 6.07 Å². The summed E-state index contributed by atoms with van der Waals surface area (Å²) in [5, 5.41) is 9.04. The summed E-state index contributed by atoms with van der Waals surface area (Å²) in [7, 11) is 2.73. The van der Waals surface area contributed by atoms with Gasteiger partial charge in [-0.1, -0.05) is 30.9 Å². The Morgan fingerprint density at radius 2 is 1.86 bits per heavy atom. The van der Waals surface area contributed by atoms with Crippen molar-refractivity contribution in [3.63, 3.8) is 0 Å². The van der Waals surface area contributed by atoms with Crippen LogP contribution in [0.1, 0.15) is 5.56 Å². The van der Waals surface area contributed by atoms with Crippen molar-refractivity contribution < 1.29 is 14.0 Å². The highest BCUT2D eigenvalue weighted by atomic mass is 28.3. The molecule has 3 nitrogen and oxygen atoms in total. The van der Waals surface area contributed by atoms with E-state index in [-0.39, 0.29) is 5.75 Å². The predicted molar refractivity (Wildman–Crippen MR) is 60.8 cm³/mol. The van der Waals surface area contributed by atoms with E-state index < -0.39 is 10.0 Å². The molecule has 0 aliphatic carbocycles. The summed E-state index contributed by atoms with van der Waals surface area (Å²) in [6.45, 7) is 3.53. The lowest BCUT2D eigenvalue weighted by molar-refractivity contribution is 0.309. The van der Waals surface area contributed by atoms with Crippen molar-refractivity contribution in [3.8, 4) is 5.75 Å². The number of aromatic hydroxyl groups is 1. The van der Waals surface area contributed by atoms with Crippen molar-refractivity contribution in [3.05, 3.63) is 36.4 Å². The fraction of sp³-hybridized carbons (Fsp3) is 0.200. The Morgan fingerprint density at radius 1 is 1.29 bits per heavy atom. The first-order valence-corrected chi connectivity index (χ1v) is 5.30. The lowest BCUT2D eigenvalue weighted by Crippen LogP contribution is -1.93. The van der Waals surface area contributed by atoms with Crippen molar-refractivity contribution in [2.24, 2.45) is 0 Å². The molecule has 1 aromatic rings. The number of benzene rings is 1. The van der Waals surface area contributed by atoms with Gasteiger partial charge in [0.15, 0.2) is 0 Å². The molecule has 0 aromatic heterocycles. The molecule has 1 N–H and O–H groups in total. The number of phenolic OH excluding ortho intramolecular Hbond substituents is 1. The second-order valence-electron chi connectivity index (χ2n) is 2.46. The third kappa shape index (κ3) is 5.53. The van der Waals surface area contributed by atoms with Crippen LogP contribution in [-0.4, -0.2) is 29.3 Å². The number of rotatable bonds is 3. The number of phenols is 1. The first kappa shape index (κ1) is 12.9. The fourth-order valence-electron chi connectivity index (χ4n) is 0.778. The Labute approximate surface area is 87.0 Å². The van der Waals surface area contributed by atoms with E-state index in [9.17, 15) is 0 Å². The smallest absolute Gasteiger partial charge is 0.303 e. The number of hydrogen-bond acceptors (Lipinski definition) is 3. The van der Waals surface area contributed by atoms with Gasteiger partial charge in [-0.3, -0.25) is 0 Å². The van der Waals surface area contributed by atoms with E-state index in [2.05, 4.69) is 15.4 Å². The van der Waals surface area contributed by atoms with Crippen molar-refractivity contribution in [1.29, 1.82) is 0 Å². The van der Waals surface area contributed by atoms with E-state index in [1.807, 2.05) is 12.1 Å². The van der Waals surface area contributed by atoms with Crippen LogP contribution >= 0.6 is 0 Å². The van der Waals surface area contributed by atoms with Gasteiger partial charge < -0.3 is 14.0 Å². The molecule has 78 valence electrons. The maximum Gasteiger partial charge on any atom is 0.303 e. The van der Waals surface area contributed by atoms with Gasteiger partial charge in [-0.25, -0.2) is 0 Å². The Balaban J connectivity index is 0.000000292. The molecule has 1 rings (SSSR count). The Kier molecular flexibility index (Phi) is 7.82. The van der Waals surface area contributed by atoms with Gasteiger partial charge >= 0.3 is 10.0 Å². The molecule has 0 heterocycles. The molecular formula is C10H16O3Si. The zero-order chi connectivity index (χ0) is 10.8. The standard InChI is InChI=1S/C8H8O.C2H8O2Si/c1-2-7-5-3-4-6-8(7)9;1-3-5-4-2/h2-6,9H,1H2;5H2,1-2H3. The van der Waals surface area contributed by atoms with Gasteiger partial charge in [-0.2, -0.15) is 0 Å². The maximum atomic E-state index is 9.04. The van der Waals surface area contributed by atoms with Crippen LogP contribution in [0, 0.1) is 0 Å². The van der Waals surface area contributed by atoms with Crippen molar-refractivity contribution in [2.75, 3.05) is 14.2 Å². The molecule has 0 atom stereocenters. The molecular weight excluding hydrogens is 196 g/mol. The van der Waals surface area contributed by atoms with Crippen molar-refractivity contribution in [2.45, 2.75) is 0 Å². The highest BCUT2D eigenvalue weighted by Gasteiger charge is 1.89. The summed E-state index contributed by atoms with van der Waals surface area (Å²) >= 11 is 0. The van der Waals surface area contributed by atoms with Crippen LogP contribution in [0.5, 0.6) is 5.75 Å². The third-order valence-electron chi connectivity index (χ3n) is 1.39. The normalized spacial score (nSPS) is 8.71. The van der Waals surface area contributed by atoms with E-state index in [0.717, 1.165) is 5.56 Å². The van der Waals surface area contributed by atoms with Crippen LogP contribution in [0.4, 0.5) is 0 Å². The monoisotopic (exact) mass is 212 g/mol. The molecule has 1 aromatic carbocycles. The molecule has 0 radical (unpaired) electrons. The molecule has 4 heteroatoms. The number of para-hydroxylation sites is 1. The van der Waals surface area contributed by atoms with Crippen LogP contribution in [0.2, 0.25) is 0 Å². The van der Waals surface area contributed by atoms with E-state index in [4.69, 9.17) is 5.11 Å². The van der Waals surface area contributed by atoms with Crippen LogP contribution in [0.15, 0.2) is 30.8 Å². The average Bonchev–Trinajstić information content (AvgIpc) is 2.21. The van der Waals surface area contributed by atoms with Gasteiger partial charge in [0.1, 0.15) is 5.75 Å². The zero-order valence-electron chi connectivity index (χ0n) is 8.56. The van der Waals surface area contributed by atoms with Crippen LogP contribution in [-0.2, 0) is 8.85 Å². The maximum absolute atomic E-state index is 9.04. The van der Waals surface area contributed by atoms with Gasteiger partial charge in [0, 0.05) is 19.8 Å². The lowest BCUT2D eigenvalue weighted by atomic mass is 10.2. The summed E-state index contributed by atoms with van der Waals surface area (Å²) in [6.07, 6.45) is 1.62. The lowest BCUT2D eigenvalue weighted by Gasteiger charge is -1.93. The van der Waals surface area contributed by atoms with Gasteiger partial charge in [0.25, 0.3) is 0 Å². The van der Waals surface area contributed by atoms with Gasteiger partial charge in [-0.15, -0.1) is 0 Å². The van der Waals surface area contributed by atoms with Crippen LogP contribution in [0.3, 0.4) is 0 Å². The highest BCUT2D eigenvalue weighted by Crippen LogP contribution is 2.15. The topological polar surface area (TPSA) is 38.7 Å². The number of hydrogen-bond donors (Lipinski definition) is 1. The van der Waals surface area contributed by atoms with Gasteiger partial charge in [0.05, 0.1) is 0 Å². The minimum absolute atomic E-state index is 0.285. The summed E-state index contributed by atoms with van der Waals surface area (Å²) in [5.41, 5.74) is 0.775. The van der Waals surface area contributed by atoms with Crippen molar-refractivity contribution >= 4 is 16.1 Å². The minimum atomic E-state index is -0.568. The zero-order valence-corrected chi connectivity index (χ0v) is 9.98. The van der Waals surface area contributed by atoms with Crippen LogP contribution < -0.4 is 0 Å². The molecule has 0 spiro atoms. The molecule has 0 amide bonds. The highest BCUT2D eigenvalue weighted by molar-refractivity contribution is 6.17. The second-order valence-corrected chi connectivity index (χ2v) is 3.85. The van der Waals surface area contributed by atoms with E-state index >= 15 is 0 Å². The second kappa shape index (κ2) is 8.49. The molecule has 0 aliphatic heterocycles. The largest absolute Gasteiger partial charge is 0.507 e. The molecule has 0 fully saturated rings. The predicted octanol–water partition coefficient (Wildman–Crippen LogP) is 1.31. The summed E-state index contributed by atoms with van der Waals surface area (Å²) in [5.74, 6) is 0.285. The first-order valence-electron chi connectivity index (χ1n) is 4.14. The van der Waals surface area contributed by atoms with Gasteiger partial charge in [0.2, 0.25) is 0 Å². The van der Waals surface area contributed by atoms with Crippen LogP contribution in [0.25, 0.3) is 6.08 Å². The molecule has 0 bridgehead atoms. The Bertz CT molecular complexity index is 261. The average molecular weight is 212 g/mol. The minimum Gasteiger partial charge on any atom is -0.507 e. The SMILES string of the molecule is C=Cc1ccccc1O.CO[SiH2]OC.